The number of alkyl halides is 3. The summed E-state index contributed by atoms with van der Waals surface area (Å²) >= 11 is 0.689. The van der Waals surface area contributed by atoms with Gasteiger partial charge >= 0.3 is 6.18 Å². The maximum atomic E-state index is 13.6. The van der Waals surface area contributed by atoms with E-state index in [1.165, 1.54) is 24.1 Å². The number of carbonyl (C=O) groups excluding carboxylic acids is 2. The maximum absolute atomic E-state index is 13.6. The van der Waals surface area contributed by atoms with E-state index in [0.29, 0.717) is 35.7 Å². The number of amides is 1. The molecule has 1 N–H and O–H groups in total. The van der Waals surface area contributed by atoms with Crippen LogP contribution >= 0.6 is 11.3 Å². The van der Waals surface area contributed by atoms with E-state index >= 15 is 0 Å². The van der Waals surface area contributed by atoms with Crippen molar-refractivity contribution in [3.8, 4) is 0 Å². The van der Waals surface area contributed by atoms with Gasteiger partial charge in [0.1, 0.15) is 5.01 Å². The van der Waals surface area contributed by atoms with Gasteiger partial charge in [-0.3, -0.25) is 9.59 Å². The lowest BCUT2D eigenvalue weighted by atomic mass is 9.98. The molecule has 6 nitrogen and oxygen atoms in total. The highest BCUT2D eigenvalue weighted by molar-refractivity contribution is 7.09. The summed E-state index contributed by atoms with van der Waals surface area (Å²) in [5.41, 5.74) is -1.48. The zero-order chi connectivity index (χ0) is 22.1. The van der Waals surface area contributed by atoms with Crippen molar-refractivity contribution >= 4 is 28.7 Å². The Labute approximate surface area is 175 Å². The number of aliphatic hydroxyl groups is 1. The van der Waals surface area contributed by atoms with Crippen LogP contribution < -0.4 is 4.90 Å². The van der Waals surface area contributed by atoms with E-state index in [9.17, 15) is 27.9 Å². The van der Waals surface area contributed by atoms with Crippen LogP contribution in [0.2, 0.25) is 0 Å². The van der Waals surface area contributed by atoms with Crippen LogP contribution in [0.3, 0.4) is 0 Å². The summed E-state index contributed by atoms with van der Waals surface area (Å²) < 4.78 is 40.8. The summed E-state index contributed by atoms with van der Waals surface area (Å²) in [6.45, 7) is 4.35. The average molecular weight is 441 g/mol. The second-order valence-electron chi connectivity index (χ2n) is 7.30. The summed E-state index contributed by atoms with van der Waals surface area (Å²) in [6, 6.07) is 7.05. The first-order valence-electron chi connectivity index (χ1n) is 9.37. The fourth-order valence-corrected chi connectivity index (χ4v) is 4.21. The quantitative estimate of drug-likeness (QED) is 0.722. The van der Waals surface area contributed by atoms with E-state index in [1.807, 2.05) is 4.90 Å². The third-order valence-electron chi connectivity index (χ3n) is 5.12. The SMILES string of the molecule is CC(=O)c1ccc(N2CCN(C(=O)CC(O)(c3nc(C)cs3)C(F)(F)F)CC2)cc1. The number of rotatable bonds is 5. The number of hydrogen-bond acceptors (Lipinski definition) is 6. The van der Waals surface area contributed by atoms with Gasteiger partial charge in [-0.1, -0.05) is 0 Å². The number of aromatic nitrogens is 1. The molecular weight excluding hydrogens is 419 g/mol. The number of Topliss-reactive ketones (excluding diaryl/α,β-unsaturated/α-hetero) is 1. The Morgan fingerprint density at radius 2 is 1.73 bits per heavy atom. The van der Waals surface area contributed by atoms with E-state index < -0.39 is 29.1 Å². The number of ketones is 1. The van der Waals surface area contributed by atoms with Crippen LogP contribution in [0.15, 0.2) is 29.6 Å². The van der Waals surface area contributed by atoms with Gasteiger partial charge in [0.25, 0.3) is 0 Å². The van der Waals surface area contributed by atoms with Crippen LogP contribution in [-0.4, -0.2) is 59.0 Å². The predicted molar refractivity (Wildman–Crippen MR) is 107 cm³/mol. The summed E-state index contributed by atoms with van der Waals surface area (Å²) in [4.78, 5) is 31.1. The first-order valence-corrected chi connectivity index (χ1v) is 10.2. The molecule has 1 amide bonds. The normalized spacial score (nSPS) is 17.0. The first kappa shape index (κ1) is 22.2. The highest BCUT2D eigenvalue weighted by atomic mass is 32.1. The van der Waals surface area contributed by atoms with Gasteiger partial charge in [-0.05, 0) is 38.1 Å². The van der Waals surface area contributed by atoms with Gasteiger partial charge in [0.2, 0.25) is 11.5 Å². The zero-order valence-electron chi connectivity index (χ0n) is 16.6. The molecule has 1 saturated heterocycles. The summed E-state index contributed by atoms with van der Waals surface area (Å²) in [5, 5.41) is 11.3. The maximum Gasteiger partial charge on any atom is 0.424 e. The number of thiazole rings is 1. The molecule has 30 heavy (non-hydrogen) atoms. The minimum Gasteiger partial charge on any atom is -0.374 e. The number of nitrogens with zero attached hydrogens (tertiary/aromatic N) is 3. The summed E-state index contributed by atoms with van der Waals surface area (Å²) in [5.74, 6) is -0.807. The molecule has 1 unspecified atom stereocenters. The van der Waals surface area contributed by atoms with E-state index in [2.05, 4.69) is 4.98 Å². The Bertz CT molecular complexity index is 921. The number of anilines is 1. The topological polar surface area (TPSA) is 73.7 Å². The molecule has 0 spiro atoms. The molecule has 0 aliphatic carbocycles. The minimum atomic E-state index is -5.02. The summed E-state index contributed by atoms with van der Waals surface area (Å²) in [7, 11) is 0. The molecule has 1 aliphatic rings. The van der Waals surface area contributed by atoms with Crippen molar-refractivity contribution in [3.63, 3.8) is 0 Å². The van der Waals surface area contributed by atoms with Crippen molar-refractivity contribution in [3.05, 3.63) is 45.9 Å². The number of piperazine rings is 1. The first-order chi connectivity index (χ1) is 14.0. The highest BCUT2D eigenvalue weighted by Crippen LogP contribution is 2.43. The molecule has 1 fully saturated rings. The number of aryl methyl sites for hydroxylation is 1. The minimum absolute atomic E-state index is 0.0375. The van der Waals surface area contributed by atoms with Crippen LogP contribution in [0.5, 0.6) is 0 Å². The number of carbonyl (C=O) groups is 2. The van der Waals surface area contributed by atoms with E-state index in [1.54, 1.807) is 24.3 Å². The Hall–Kier alpha value is -2.46. The van der Waals surface area contributed by atoms with Gasteiger partial charge in [-0.25, -0.2) is 4.98 Å². The van der Waals surface area contributed by atoms with Gasteiger partial charge in [-0.15, -0.1) is 11.3 Å². The van der Waals surface area contributed by atoms with Crippen LogP contribution in [0.4, 0.5) is 18.9 Å². The van der Waals surface area contributed by atoms with E-state index in [0.717, 1.165) is 5.69 Å². The second kappa shape index (κ2) is 8.35. The van der Waals surface area contributed by atoms with Gasteiger partial charge in [0, 0.05) is 48.5 Å². The molecule has 2 aromatic rings. The van der Waals surface area contributed by atoms with Gasteiger partial charge in [0.05, 0.1) is 6.42 Å². The van der Waals surface area contributed by atoms with Crippen LogP contribution in [0.1, 0.15) is 34.4 Å². The molecule has 2 heterocycles. The van der Waals surface area contributed by atoms with Gasteiger partial charge < -0.3 is 14.9 Å². The van der Waals surface area contributed by atoms with Crippen molar-refractivity contribution in [2.24, 2.45) is 0 Å². The molecule has 0 saturated carbocycles. The van der Waals surface area contributed by atoms with Crippen LogP contribution in [0.25, 0.3) is 0 Å². The summed E-state index contributed by atoms with van der Waals surface area (Å²) in [6.07, 6.45) is -6.12. The van der Waals surface area contributed by atoms with Gasteiger partial charge in [-0.2, -0.15) is 13.2 Å². The Kier molecular flexibility index (Phi) is 6.19. The Morgan fingerprint density at radius 1 is 1.13 bits per heavy atom. The number of hydrogen-bond donors (Lipinski definition) is 1. The lowest BCUT2D eigenvalue weighted by molar-refractivity contribution is -0.268. The molecule has 0 radical (unpaired) electrons. The fraction of sp³-hybridized carbons (Fsp3) is 0.450. The van der Waals surface area contributed by atoms with Crippen LogP contribution in [-0.2, 0) is 10.4 Å². The van der Waals surface area contributed by atoms with Crippen LogP contribution in [0, 0.1) is 6.92 Å². The number of halogens is 3. The molecule has 10 heteroatoms. The third kappa shape index (κ3) is 4.49. The Balaban J connectivity index is 1.66. The molecule has 1 aliphatic heterocycles. The smallest absolute Gasteiger partial charge is 0.374 e. The fourth-order valence-electron chi connectivity index (χ4n) is 3.29. The highest BCUT2D eigenvalue weighted by Gasteiger charge is 2.58. The largest absolute Gasteiger partial charge is 0.424 e. The van der Waals surface area contributed by atoms with Crippen molar-refractivity contribution in [2.75, 3.05) is 31.1 Å². The lowest BCUT2D eigenvalue weighted by Gasteiger charge is -2.37. The molecule has 3 rings (SSSR count). The molecular formula is C20H22F3N3O3S. The van der Waals surface area contributed by atoms with E-state index in [-0.39, 0.29) is 18.9 Å². The number of benzene rings is 1. The lowest BCUT2D eigenvalue weighted by Crippen LogP contribution is -2.52. The molecule has 1 aromatic carbocycles. The van der Waals surface area contributed by atoms with Crippen molar-refractivity contribution in [1.29, 1.82) is 0 Å². The average Bonchev–Trinajstić information content (AvgIpc) is 3.14. The molecule has 1 aromatic heterocycles. The second-order valence-corrected chi connectivity index (χ2v) is 8.16. The van der Waals surface area contributed by atoms with E-state index in [4.69, 9.17) is 0 Å². The van der Waals surface area contributed by atoms with Crippen molar-refractivity contribution in [2.45, 2.75) is 32.0 Å². The van der Waals surface area contributed by atoms with Crippen molar-refractivity contribution in [1.82, 2.24) is 9.88 Å². The molecule has 1 atom stereocenters. The Morgan fingerprint density at radius 3 is 2.20 bits per heavy atom. The zero-order valence-corrected chi connectivity index (χ0v) is 17.4. The van der Waals surface area contributed by atoms with Crippen molar-refractivity contribution < 1.29 is 27.9 Å². The molecule has 0 bridgehead atoms. The third-order valence-corrected chi connectivity index (χ3v) is 6.23. The molecule has 162 valence electrons. The monoisotopic (exact) mass is 441 g/mol. The predicted octanol–water partition coefficient (Wildman–Crippen LogP) is 3.14. The van der Waals surface area contributed by atoms with Gasteiger partial charge in [0.15, 0.2) is 5.78 Å². The standard InChI is InChI=1S/C20H22F3N3O3S/c1-13-12-30-18(24-13)19(29,20(21,22)23)11-17(28)26-9-7-25(8-10-26)16-5-3-15(4-6-16)14(2)27/h3-6,12,29H,7-11H2,1-2H3.